The van der Waals surface area contributed by atoms with Crippen LogP contribution in [0.4, 0.5) is 0 Å². The van der Waals surface area contributed by atoms with E-state index in [0.29, 0.717) is 13.1 Å². The predicted octanol–water partition coefficient (Wildman–Crippen LogP) is 1.41. The van der Waals surface area contributed by atoms with Gasteiger partial charge in [-0.1, -0.05) is 19.9 Å². The summed E-state index contributed by atoms with van der Waals surface area (Å²) < 4.78 is 33.0. The van der Waals surface area contributed by atoms with Crippen molar-refractivity contribution in [1.82, 2.24) is 4.31 Å². The van der Waals surface area contributed by atoms with E-state index in [1.54, 1.807) is 25.3 Å². The summed E-state index contributed by atoms with van der Waals surface area (Å²) in [7, 11) is -4.40. The van der Waals surface area contributed by atoms with Crippen LogP contribution in [-0.2, 0) is 20.7 Å². The van der Waals surface area contributed by atoms with Gasteiger partial charge in [-0.15, -0.1) is 0 Å². The second-order valence-corrected chi connectivity index (χ2v) is 6.29. The Morgan fingerprint density at radius 1 is 1.43 bits per heavy atom. The number of rotatable bonds is 4. The highest BCUT2D eigenvalue weighted by molar-refractivity contribution is 8.12. The van der Waals surface area contributed by atoms with Gasteiger partial charge in [0, 0.05) is 13.1 Å². The lowest BCUT2D eigenvalue weighted by atomic mass is 10.6. The molecule has 0 aromatic heterocycles. The van der Waals surface area contributed by atoms with Gasteiger partial charge in [-0.2, -0.15) is 4.31 Å². The van der Waals surface area contributed by atoms with Crippen molar-refractivity contribution in [2.45, 2.75) is 13.8 Å². The Labute approximate surface area is 87.2 Å². The first kappa shape index (κ1) is 11.6. The Morgan fingerprint density at radius 3 is 2.36 bits per heavy atom. The largest absolute Gasteiger partial charge is 0.271 e. The predicted molar refractivity (Wildman–Crippen MR) is 59.1 cm³/mol. The number of nitrogens with zero attached hydrogens (tertiary/aromatic N) is 1. The normalized spacial score (nSPS) is 21.6. The summed E-state index contributed by atoms with van der Waals surface area (Å²) in [6.07, 6.45) is 3.15. The highest BCUT2D eigenvalue weighted by Gasteiger charge is 2.27. The van der Waals surface area contributed by atoms with Crippen molar-refractivity contribution in [3.8, 4) is 0 Å². The molecular weight excluding hydrogens is 220 g/mol. The molecule has 0 bridgehead atoms. The van der Waals surface area contributed by atoms with Crippen molar-refractivity contribution in [3.63, 3.8) is 0 Å². The van der Waals surface area contributed by atoms with Crippen molar-refractivity contribution in [2.75, 3.05) is 13.1 Å². The monoisotopic (exact) mass is 234 g/mol. The molecule has 1 unspecified atom stereocenters. The average Bonchev–Trinajstić information content (AvgIpc) is 2.53. The number of hydrogen-bond donors (Lipinski definition) is 1. The van der Waals surface area contributed by atoms with Gasteiger partial charge >= 0.3 is 0 Å². The molecule has 6 heteroatoms. The molecule has 14 heavy (non-hydrogen) atoms. The molecule has 0 radical (unpaired) electrons. The van der Waals surface area contributed by atoms with Crippen LogP contribution in [0, 0.1) is 4.78 Å². The third kappa shape index (κ3) is 1.97. The van der Waals surface area contributed by atoms with Gasteiger partial charge in [0.15, 0.2) is 0 Å². The zero-order chi connectivity index (χ0) is 10.8. The van der Waals surface area contributed by atoms with E-state index in [1.165, 1.54) is 10.4 Å². The van der Waals surface area contributed by atoms with Gasteiger partial charge in [0.1, 0.15) is 4.24 Å². The van der Waals surface area contributed by atoms with E-state index in [9.17, 15) is 8.42 Å². The topological polar surface area (TPSA) is 61.2 Å². The van der Waals surface area contributed by atoms with E-state index in [4.69, 9.17) is 4.78 Å². The number of nitrogens with one attached hydrogen (secondary N) is 1. The molecule has 4 nitrogen and oxygen atoms in total. The molecule has 80 valence electrons. The smallest absolute Gasteiger partial charge is 0.250 e. The molecule has 0 amide bonds. The van der Waals surface area contributed by atoms with E-state index >= 15 is 0 Å². The maximum Gasteiger partial charge on any atom is 0.250 e. The summed E-state index contributed by atoms with van der Waals surface area (Å²) in [6.45, 7) is 4.50. The zero-order valence-electron chi connectivity index (χ0n) is 8.23. The number of hydrogen-bond acceptors (Lipinski definition) is 3. The molecule has 0 aromatic rings. The second kappa shape index (κ2) is 4.37. The van der Waals surface area contributed by atoms with Gasteiger partial charge in [0.05, 0.1) is 0 Å². The summed E-state index contributed by atoms with van der Waals surface area (Å²) in [5.41, 5.74) is 0. The van der Waals surface area contributed by atoms with E-state index in [-0.39, 0.29) is 4.24 Å². The van der Waals surface area contributed by atoms with Crippen LogP contribution in [-0.4, -0.2) is 25.8 Å². The lowest BCUT2D eigenvalue weighted by Gasteiger charge is -2.18. The molecule has 1 aliphatic heterocycles. The average molecular weight is 234 g/mol. The molecule has 1 heterocycles. The lowest BCUT2D eigenvalue weighted by Crippen LogP contribution is -2.31. The van der Waals surface area contributed by atoms with Crippen molar-refractivity contribution in [1.29, 1.82) is 4.78 Å². The Balaban J connectivity index is 3.03. The molecule has 1 aliphatic rings. The minimum Gasteiger partial charge on any atom is -0.271 e. The van der Waals surface area contributed by atoms with Crippen LogP contribution in [0.5, 0.6) is 0 Å². The van der Waals surface area contributed by atoms with E-state index in [2.05, 4.69) is 0 Å². The molecular formula is C8H14N2O2S2. The molecule has 0 fully saturated rings. The first-order valence-electron chi connectivity index (χ1n) is 4.37. The van der Waals surface area contributed by atoms with Crippen LogP contribution >= 0.6 is 0 Å². The van der Waals surface area contributed by atoms with Crippen molar-refractivity contribution >= 4 is 20.7 Å². The molecule has 0 aromatic carbocycles. The Hall–Kier alpha value is -0.460. The van der Waals surface area contributed by atoms with Gasteiger partial charge in [-0.3, -0.25) is 4.78 Å². The summed E-state index contributed by atoms with van der Waals surface area (Å²) in [5, 5.41) is 1.59. The maximum atomic E-state index is 11.9. The van der Waals surface area contributed by atoms with Crippen LogP contribution in [0.3, 0.4) is 0 Å². The van der Waals surface area contributed by atoms with Gasteiger partial charge < -0.3 is 0 Å². The summed E-state index contributed by atoms with van der Waals surface area (Å²) in [4.78, 5) is 0. The van der Waals surface area contributed by atoms with Gasteiger partial charge in [0.25, 0.3) is 0 Å². The Bertz CT molecular complexity index is 392. The van der Waals surface area contributed by atoms with Crippen molar-refractivity contribution < 1.29 is 8.42 Å². The lowest BCUT2D eigenvalue weighted by molar-refractivity contribution is 0.452. The van der Waals surface area contributed by atoms with Gasteiger partial charge in [-0.25, -0.2) is 8.42 Å². The third-order valence-corrected chi connectivity index (χ3v) is 5.97. The molecule has 0 saturated carbocycles. The van der Waals surface area contributed by atoms with Crippen LogP contribution in [0.2, 0.25) is 0 Å². The summed E-state index contributed by atoms with van der Waals surface area (Å²) in [5.74, 6) is 0. The minimum atomic E-state index is -3.39. The fourth-order valence-corrected chi connectivity index (χ4v) is 4.40. The van der Waals surface area contributed by atoms with Crippen LogP contribution in [0.15, 0.2) is 21.8 Å². The molecule has 0 spiro atoms. The zero-order valence-corrected chi connectivity index (χ0v) is 9.86. The fourth-order valence-electron chi connectivity index (χ4n) is 1.23. The molecule has 0 saturated heterocycles. The van der Waals surface area contributed by atoms with Gasteiger partial charge in [-0.05, 0) is 22.2 Å². The molecule has 0 aliphatic carbocycles. The highest BCUT2D eigenvalue weighted by Crippen LogP contribution is 2.22. The summed E-state index contributed by atoms with van der Waals surface area (Å²) in [6, 6.07) is 0. The quantitative estimate of drug-likeness (QED) is 0.799. The first-order valence-corrected chi connectivity index (χ1v) is 7.09. The third-order valence-electron chi connectivity index (χ3n) is 1.96. The van der Waals surface area contributed by atoms with E-state index in [1.807, 2.05) is 0 Å². The minimum absolute atomic E-state index is 0.209. The van der Waals surface area contributed by atoms with Crippen LogP contribution < -0.4 is 0 Å². The van der Waals surface area contributed by atoms with Gasteiger partial charge in [0.2, 0.25) is 10.0 Å². The van der Waals surface area contributed by atoms with Crippen molar-refractivity contribution in [2.24, 2.45) is 0 Å². The fraction of sp³-hybridized carbons (Fsp3) is 0.500. The second-order valence-electron chi connectivity index (χ2n) is 2.74. The van der Waals surface area contributed by atoms with Crippen molar-refractivity contribution in [3.05, 3.63) is 21.8 Å². The van der Waals surface area contributed by atoms with E-state index in [0.717, 1.165) is 0 Å². The Morgan fingerprint density at radius 2 is 2.00 bits per heavy atom. The molecule has 1 N–H and O–H groups in total. The SMILES string of the molecule is CCN(CC)S(=O)(=O)C1=CC=CS1=N. The number of allylic oxidation sites excluding steroid dienone is 2. The van der Waals surface area contributed by atoms with Crippen LogP contribution in [0.25, 0.3) is 0 Å². The summed E-state index contributed by atoms with van der Waals surface area (Å²) >= 11 is 0. The van der Waals surface area contributed by atoms with E-state index < -0.39 is 20.7 Å². The maximum absolute atomic E-state index is 11.9. The van der Waals surface area contributed by atoms with Crippen LogP contribution in [0.1, 0.15) is 13.8 Å². The number of sulfonamides is 1. The highest BCUT2D eigenvalue weighted by atomic mass is 32.3. The molecule has 1 rings (SSSR count). The first-order chi connectivity index (χ1) is 6.54. The molecule has 1 atom stereocenters. The Kier molecular flexibility index (Phi) is 3.63. The standard InChI is InChI=1S/C8H14N2O2S2/c1-3-10(4-2)14(11,12)8-6-5-7-13(8)9/h5-7,9H,3-4H2,1-2H3.